The number of carbonyl (C=O) groups excluding carboxylic acids is 7. The lowest BCUT2D eigenvalue weighted by atomic mass is 10.1. The number of carbonyl (C=O) groups is 7. The van der Waals surface area contributed by atoms with E-state index in [0.29, 0.717) is 44.6 Å². The number of ether oxygens (including phenoxy) is 6. The van der Waals surface area contributed by atoms with Gasteiger partial charge in [-0.15, -0.1) is 21.4 Å². The van der Waals surface area contributed by atoms with Crippen molar-refractivity contribution in [2.24, 2.45) is 5.11 Å². The lowest BCUT2D eigenvalue weighted by molar-refractivity contribution is -0.116. The van der Waals surface area contributed by atoms with Crippen LogP contribution >= 0.6 is 11.6 Å². The molecule has 24 heteroatoms. The summed E-state index contributed by atoms with van der Waals surface area (Å²) < 4.78 is 34.9. The Kier molecular flexibility index (Phi) is 20.4. The predicted molar refractivity (Wildman–Crippen MR) is 286 cm³/mol. The van der Waals surface area contributed by atoms with Crippen LogP contribution in [0.25, 0.3) is 33.0 Å². The summed E-state index contributed by atoms with van der Waals surface area (Å²) in [4.78, 5) is 104. The normalized spacial score (nSPS) is 11.9. The van der Waals surface area contributed by atoms with E-state index in [2.05, 4.69) is 25.3 Å². The van der Waals surface area contributed by atoms with Gasteiger partial charge in [0.25, 0.3) is 0 Å². The number of anilines is 3. The van der Waals surface area contributed by atoms with Crippen molar-refractivity contribution in [2.75, 3.05) is 21.0 Å². The maximum Gasteiger partial charge on any atom is 0.427 e. The zero-order chi connectivity index (χ0) is 57.9. The topological polar surface area (TPSA) is 278 Å². The molecule has 5 amide bonds. The first-order valence-corrected chi connectivity index (χ1v) is 24.5. The van der Waals surface area contributed by atoms with Gasteiger partial charge in [0.05, 0.1) is 23.8 Å². The summed E-state index contributed by atoms with van der Waals surface area (Å²) in [5.74, 6) is -0.541. The van der Waals surface area contributed by atoms with E-state index >= 15 is 0 Å². The van der Waals surface area contributed by atoms with E-state index in [1.54, 1.807) is 173 Å². The van der Waals surface area contributed by atoms with Crippen LogP contribution in [0, 0.1) is 0 Å². The number of imide groups is 2. The summed E-state index contributed by atoms with van der Waals surface area (Å²) in [7, 11) is 0. The van der Waals surface area contributed by atoms with Crippen LogP contribution in [-0.4, -0.2) is 101 Å². The third-order valence-electron chi connectivity index (χ3n) is 8.67. The molecule has 1 N–H and O–H groups in total. The Morgan fingerprint density at radius 3 is 1.14 bits per heavy atom. The molecule has 0 aliphatic rings. The molecule has 2 aromatic carbocycles. The molecule has 2 heterocycles. The van der Waals surface area contributed by atoms with E-state index in [9.17, 15) is 33.6 Å². The van der Waals surface area contributed by atoms with E-state index in [1.165, 1.54) is 12.4 Å². The Morgan fingerprint density at radius 1 is 0.539 bits per heavy atom. The predicted octanol–water partition coefficient (Wildman–Crippen LogP) is 13.9. The van der Waals surface area contributed by atoms with Gasteiger partial charge in [0.1, 0.15) is 33.6 Å². The van der Waals surface area contributed by atoms with Gasteiger partial charge in [-0.3, -0.25) is 4.79 Å². The minimum absolute atomic E-state index is 0.181. The molecule has 4 rings (SSSR count). The van der Waals surface area contributed by atoms with Crippen LogP contribution in [-0.2, 0) is 33.2 Å². The lowest BCUT2D eigenvalue weighted by Crippen LogP contribution is -2.45. The second-order valence-corrected chi connectivity index (χ2v) is 23.1. The number of alkyl halides is 1. The molecule has 76 heavy (non-hydrogen) atoms. The molecule has 0 spiro atoms. The Bertz CT molecular complexity index is 2720. The van der Waals surface area contributed by atoms with E-state index in [1.807, 2.05) is 0 Å². The number of hydrogen-bond acceptors (Lipinski definition) is 16. The number of amides is 5. The van der Waals surface area contributed by atoms with Gasteiger partial charge in [0.2, 0.25) is 17.8 Å². The van der Waals surface area contributed by atoms with Crippen LogP contribution in [0.2, 0.25) is 0 Å². The van der Waals surface area contributed by atoms with Crippen LogP contribution in [0.15, 0.2) is 66.0 Å². The minimum atomic E-state index is -1.09. The maximum atomic E-state index is 13.5. The van der Waals surface area contributed by atoms with Crippen LogP contribution in [0.3, 0.4) is 0 Å². The van der Waals surface area contributed by atoms with Gasteiger partial charge in [-0.05, 0) is 149 Å². The van der Waals surface area contributed by atoms with Gasteiger partial charge in [0.15, 0.2) is 0 Å². The highest BCUT2D eigenvalue weighted by Gasteiger charge is 2.40. The number of benzene rings is 2. The number of rotatable bonds is 9. The fraction of sp³-hybridized carbons (Fsp3) is 0.519. The van der Waals surface area contributed by atoms with E-state index < -0.39 is 70.2 Å². The lowest BCUT2D eigenvalue weighted by Gasteiger charge is -2.28. The molecular weight excluding hydrogens is 1010 g/mol. The SMILES string of the molecule is CC(C)(C)OC(=O)N(C(=O)OC(C)(C)C)c1ncc(-c2ccc(N=[N+]=[N-])cc2)n1C(=O)OC(C)(C)C.CC(C)(C)OC(=O)N(C(=O)OC(C)(C)C)c1ncc(-c2ccc(NC(=O)CCCCl)cc2)n1C(=O)OC(C)(C)C. The van der Waals surface area contributed by atoms with E-state index in [4.69, 9.17) is 45.6 Å². The van der Waals surface area contributed by atoms with Crippen LogP contribution in [0.5, 0.6) is 0 Å². The summed E-state index contributed by atoms with van der Waals surface area (Å²) >= 11 is 5.66. The highest BCUT2D eigenvalue weighted by molar-refractivity contribution is 6.18. The summed E-state index contributed by atoms with van der Waals surface area (Å²) in [6.07, 6.45) is -2.64. The molecule has 0 fully saturated rings. The smallest absolute Gasteiger partial charge is 0.427 e. The van der Waals surface area contributed by atoms with Crippen LogP contribution in [0.1, 0.15) is 137 Å². The van der Waals surface area contributed by atoms with Gasteiger partial charge in [-0.1, -0.05) is 41.5 Å². The molecule has 0 saturated carbocycles. The van der Waals surface area contributed by atoms with Gasteiger partial charge in [0, 0.05) is 39.7 Å². The standard InChI is InChI=1S/C28H39ClN4O7.C24H32N6O6/c1-26(2,3)38-23(35)32-20(18-12-14-19(15-13-18)31-21(34)11-10-16-29)17-30-22(32)33(24(36)39-27(4,5)6)25(37)40-28(7,8)9;1-22(2,3)34-19(31)29-17(15-10-12-16(13-11-15)27-28-25)14-26-18(29)30(20(32)35-23(4,5)6)21(33)36-24(7,8)9/h12-15,17H,10-11,16H2,1-9H3,(H,31,34);10-14H,1-9H3. The van der Waals surface area contributed by atoms with Crippen molar-refractivity contribution < 1.29 is 62.0 Å². The average Bonchev–Trinajstić information content (AvgIpc) is 3.86. The molecule has 0 saturated heterocycles. The van der Waals surface area contributed by atoms with Crippen molar-refractivity contribution in [2.45, 2.75) is 171 Å². The molecule has 0 aliphatic heterocycles. The average molecular weight is 1080 g/mol. The second kappa shape index (κ2) is 24.8. The zero-order valence-corrected chi connectivity index (χ0v) is 47.4. The molecule has 4 aromatic rings. The first kappa shape index (κ1) is 62.6. The fourth-order valence-electron chi connectivity index (χ4n) is 6.01. The number of imidazole rings is 2. The van der Waals surface area contributed by atoms with Gasteiger partial charge >= 0.3 is 36.6 Å². The van der Waals surface area contributed by atoms with Crippen molar-refractivity contribution in [1.29, 1.82) is 0 Å². The monoisotopic (exact) mass is 1080 g/mol. The number of hydrogen-bond donors (Lipinski definition) is 1. The largest absolute Gasteiger partial charge is 0.443 e. The zero-order valence-electron chi connectivity index (χ0n) is 46.6. The molecule has 0 radical (unpaired) electrons. The van der Waals surface area contributed by atoms with Crippen molar-refractivity contribution in [1.82, 2.24) is 19.1 Å². The second-order valence-electron chi connectivity index (χ2n) is 22.8. The van der Waals surface area contributed by atoms with Crippen molar-refractivity contribution >= 4 is 77.3 Å². The highest BCUT2D eigenvalue weighted by Crippen LogP contribution is 2.32. The van der Waals surface area contributed by atoms with Gasteiger partial charge in [-0.25, -0.2) is 47.9 Å². The van der Waals surface area contributed by atoms with Crippen molar-refractivity contribution in [3.63, 3.8) is 0 Å². The first-order chi connectivity index (χ1) is 34.7. The summed E-state index contributed by atoms with van der Waals surface area (Å²) in [6, 6.07) is 12.9. The Morgan fingerprint density at radius 2 is 0.855 bits per heavy atom. The molecule has 0 atom stereocenters. The number of halogens is 1. The minimum Gasteiger partial charge on any atom is -0.443 e. The van der Waals surface area contributed by atoms with E-state index in [-0.39, 0.29) is 35.6 Å². The van der Waals surface area contributed by atoms with Crippen molar-refractivity contribution in [3.05, 3.63) is 71.4 Å². The first-order valence-electron chi connectivity index (χ1n) is 24.0. The molecule has 0 unspecified atom stereocenters. The molecular formula is C52H71ClN10O13. The maximum absolute atomic E-state index is 13.5. The number of aromatic nitrogens is 4. The summed E-state index contributed by atoms with van der Waals surface area (Å²) in [5, 5.41) is 6.31. The third kappa shape index (κ3) is 19.9. The van der Waals surface area contributed by atoms with Gasteiger partial charge < -0.3 is 33.7 Å². The number of nitrogens with zero attached hydrogens (tertiary/aromatic N) is 9. The van der Waals surface area contributed by atoms with Crippen LogP contribution in [0.4, 0.5) is 52.0 Å². The fourth-order valence-corrected chi connectivity index (χ4v) is 6.15. The molecule has 0 bridgehead atoms. The summed E-state index contributed by atoms with van der Waals surface area (Å²) in [6.45, 7) is 29.7. The Labute approximate surface area is 448 Å². The molecule has 0 aliphatic carbocycles. The Balaban J connectivity index is 0.000000402. The highest BCUT2D eigenvalue weighted by atomic mass is 35.5. The quantitative estimate of drug-likeness (QED) is 0.0536. The number of nitrogens with one attached hydrogen (secondary N) is 1. The van der Waals surface area contributed by atoms with Crippen molar-refractivity contribution in [3.8, 4) is 22.5 Å². The Hall–Kier alpha value is -7.65. The third-order valence-corrected chi connectivity index (χ3v) is 8.94. The number of azide groups is 1. The van der Waals surface area contributed by atoms with Gasteiger partial charge in [-0.2, -0.15) is 0 Å². The molecule has 414 valence electrons. The molecule has 23 nitrogen and oxygen atoms in total. The molecule has 2 aromatic heterocycles. The summed E-state index contributed by atoms with van der Waals surface area (Å²) in [5.41, 5.74) is 5.30. The van der Waals surface area contributed by atoms with Crippen LogP contribution < -0.4 is 15.1 Å². The van der Waals surface area contributed by atoms with E-state index in [0.717, 1.165) is 9.13 Å².